The highest BCUT2D eigenvalue weighted by atomic mass is 32.2. The summed E-state index contributed by atoms with van der Waals surface area (Å²) in [5.41, 5.74) is 1.02. The first-order chi connectivity index (χ1) is 12.0. The summed E-state index contributed by atoms with van der Waals surface area (Å²) in [7, 11) is -3.91. The number of nitro benzene ring substituents is 1. The second-order valence-corrected chi connectivity index (χ2v) is 7.19. The molecule has 0 aromatic heterocycles. The lowest BCUT2D eigenvalue weighted by Crippen LogP contribution is -2.36. The fraction of sp³-hybridized carbons (Fsp3) is 0.250. The summed E-state index contributed by atoms with van der Waals surface area (Å²) in [6.45, 7) is 2.73. The van der Waals surface area contributed by atoms with E-state index in [4.69, 9.17) is 4.74 Å². The lowest BCUT2D eigenvalue weighted by Gasteiger charge is -2.29. The fourth-order valence-electron chi connectivity index (χ4n) is 2.57. The Hall–Kier alpha value is -2.65. The number of ether oxygens (including phenoxy) is 1. The summed E-state index contributed by atoms with van der Waals surface area (Å²) < 4.78 is 32.8. The van der Waals surface area contributed by atoms with Gasteiger partial charge in [0, 0.05) is 30.9 Å². The normalized spacial score (nSPS) is 15.0. The van der Waals surface area contributed by atoms with Crippen molar-refractivity contribution in [2.45, 2.75) is 4.90 Å². The number of nitrogens with one attached hydrogen (secondary N) is 1. The zero-order valence-corrected chi connectivity index (χ0v) is 14.1. The Labute approximate surface area is 145 Å². The number of nitrogens with zero attached hydrogens (tertiary/aromatic N) is 2. The van der Waals surface area contributed by atoms with Crippen molar-refractivity contribution >= 4 is 27.1 Å². The molecule has 1 fully saturated rings. The van der Waals surface area contributed by atoms with Crippen LogP contribution < -0.4 is 9.62 Å². The largest absolute Gasteiger partial charge is 0.378 e. The molecule has 0 spiro atoms. The second kappa shape index (κ2) is 7.08. The highest BCUT2D eigenvalue weighted by Crippen LogP contribution is 2.24. The van der Waals surface area contributed by atoms with Crippen LogP contribution in [-0.2, 0) is 14.8 Å². The molecule has 0 saturated carbocycles. The number of benzene rings is 2. The van der Waals surface area contributed by atoms with Crippen LogP contribution in [-0.4, -0.2) is 39.6 Å². The Morgan fingerprint density at radius 3 is 2.52 bits per heavy atom. The summed E-state index contributed by atoms with van der Waals surface area (Å²) >= 11 is 0. The molecular formula is C16H17N3O5S. The predicted octanol–water partition coefficient (Wildman–Crippen LogP) is 2.23. The van der Waals surface area contributed by atoms with Gasteiger partial charge in [-0.1, -0.05) is 12.1 Å². The predicted molar refractivity (Wildman–Crippen MR) is 93.4 cm³/mol. The minimum absolute atomic E-state index is 0.154. The first-order valence-corrected chi connectivity index (χ1v) is 9.14. The van der Waals surface area contributed by atoms with E-state index in [1.807, 2.05) is 6.07 Å². The fourth-order valence-corrected chi connectivity index (χ4v) is 3.65. The molecule has 132 valence electrons. The van der Waals surface area contributed by atoms with Crippen molar-refractivity contribution < 1.29 is 18.1 Å². The zero-order chi connectivity index (χ0) is 17.9. The Morgan fingerprint density at radius 1 is 1.08 bits per heavy atom. The number of anilines is 2. The van der Waals surface area contributed by atoms with Crippen LogP contribution in [0.4, 0.5) is 17.1 Å². The lowest BCUT2D eigenvalue weighted by atomic mass is 10.2. The molecule has 1 aliphatic rings. The molecule has 25 heavy (non-hydrogen) atoms. The molecule has 9 heteroatoms. The molecule has 1 aliphatic heterocycles. The smallest absolute Gasteiger partial charge is 0.270 e. The number of rotatable bonds is 5. The summed E-state index contributed by atoms with van der Waals surface area (Å²) in [4.78, 5) is 12.2. The molecule has 1 saturated heterocycles. The van der Waals surface area contributed by atoms with Gasteiger partial charge in [0.1, 0.15) is 0 Å². The van der Waals surface area contributed by atoms with E-state index < -0.39 is 14.9 Å². The van der Waals surface area contributed by atoms with E-state index >= 15 is 0 Å². The SMILES string of the molecule is O=[N+]([O-])c1cccc(S(=O)(=O)Nc2cccc(N3CCOCC3)c2)c1. The Bertz CT molecular complexity index is 879. The van der Waals surface area contributed by atoms with Crippen molar-refractivity contribution in [1.29, 1.82) is 0 Å². The quantitative estimate of drug-likeness (QED) is 0.646. The average Bonchev–Trinajstić information content (AvgIpc) is 2.62. The molecule has 1 heterocycles. The first kappa shape index (κ1) is 17.2. The van der Waals surface area contributed by atoms with Crippen LogP contribution in [0, 0.1) is 10.1 Å². The minimum atomic E-state index is -3.91. The number of non-ortho nitro benzene ring substituents is 1. The molecule has 0 bridgehead atoms. The van der Waals surface area contributed by atoms with Crippen molar-refractivity contribution in [3.63, 3.8) is 0 Å². The van der Waals surface area contributed by atoms with E-state index in [1.165, 1.54) is 18.2 Å². The van der Waals surface area contributed by atoms with E-state index in [2.05, 4.69) is 9.62 Å². The molecule has 0 unspecified atom stereocenters. The van der Waals surface area contributed by atoms with Gasteiger partial charge in [0.25, 0.3) is 15.7 Å². The maximum atomic E-state index is 12.5. The van der Waals surface area contributed by atoms with Gasteiger partial charge in [0.2, 0.25) is 0 Å². The van der Waals surface area contributed by atoms with Gasteiger partial charge in [-0.25, -0.2) is 8.42 Å². The Kier molecular flexibility index (Phi) is 4.86. The van der Waals surface area contributed by atoms with Crippen LogP contribution in [0.1, 0.15) is 0 Å². The van der Waals surface area contributed by atoms with E-state index in [0.29, 0.717) is 18.9 Å². The van der Waals surface area contributed by atoms with Gasteiger partial charge in [-0.15, -0.1) is 0 Å². The van der Waals surface area contributed by atoms with Gasteiger partial charge in [-0.2, -0.15) is 0 Å². The van der Waals surface area contributed by atoms with Gasteiger partial charge < -0.3 is 9.64 Å². The van der Waals surface area contributed by atoms with E-state index in [9.17, 15) is 18.5 Å². The van der Waals surface area contributed by atoms with E-state index in [0.717, 1.165) is 24.8 Å². The molecule has 0 atom stereocenters. The first-order valence-electron chi connectivity index (χ1n) is 7.66. The average molecular weight is 363 g/mol. The summed E-state index contributed by atoms with van der Waals surface area (Å²) in [6, 6.07) is 12.0. The van der Waals surface area contributed by atoms with Gasteiger partial charge in [0.15, 0.2) is 0 Å². The van der Waals surface area contributed by atoms with Crippen LogP contribution in [0.3, 0.4) is 0 Å². The van der Waals surface area contributed by atoms with Gasteiger partial charge >= 0.3 is 0 Å². The summed E-state index contributed by atoms with van der Waals surface area (Å²) in [6.07, 6.45) is 0. The third-order valence-electron chi connectivity index (χ3n) is 3.81. The summed E-state index contributed by atoms with van der Waals surface area (Å²) in [5.74, 6) is 0. The number of hydrogen-bond acceptors (Lipinski definition) is 6. The molecule has 0 amide bonds. The summed E-state index contributed by atoms with van der Waals surface area (Å²) in [5, 5.41) is 10.8. The number of sulfonamides is 1. The van der Waals surface area contributed by atoms with Gasteiger partial charge in [-0.3, -0.25) is 14.8 Å². The maximum Gasteiger partial charge on any atom is 0.270 e. The molecule has 8 nitrogen and oxygen atoms in total. The molecule has 3 rings (SSSR count). The van der Waals surface area contributed by atoms with E-state index in [1.54, 1.807) is 18.2 Å². The van der Waals surface area contributed by atoms with Gasteiger partial charge in [-0.05, 0) is 24.3 Å². The molecule has 1 N–H and O–H groups in total. The van der Waals surface area contributed by atoms with Gasteiger partial charge in [0.05, 0.1) is 28.7 Å². The van der Waals surface area contributed by atoms with Crippen LogP contribution >= 0.6 is 0 Å². The van der Waals surface area contributed by atoms with Crippen molar-refractivity contribution in [3.8, 4) is 0 Å². The third kappa shape index (κ3) is 4.06. The Morgan fingerprint density at radius 2 is 1.80 bits per heavy atom. The number of morpholine rings is 1. The van der Waals surface area contributed by atoms with Crippen molar-refractivity contribution in [2.24, 2.45) is 0 Å². The highest BCUT2D eigenvalue weighted by Gasteiger charge is 2.18. The standard InChI is InChI=1S/C16H17N3O5S/c20-19(21)15-5-2-6-16(12-15)25(22,23)17-13-3-1-4-14(11-13)18-7-9-24-10-8-18/h1-6,11-12,17H,7-10H2. The third-order valence-corrected chi connectivity index (χ3v) is 5.19. The molecule has 0 aliphatic carbocycles. The van der Waals surface area contributed by atoms with E-state index in [-0.39, 0.29) is 10.6 Å². The van der Waals surface area contributed by atoms with Crippen molar-refractivity contribution in [2.75, 3.05) is 35.9 Å². The topological polar surface area (TPSA) is 102 Å². The molecule has 0 radical (unpaired) electrons. The van der Waals surface area contributed by atoms with Crippen LogP contribution in [0.25, 0.3) is 0 Å². The number of nitro groups is 1. The monoisotopic (exact) mass is 363 g/mol. The van der Waals surface area contributed by atoms with Crippen molar-refractivity contribution in [3.05, 3.63) is 58.6 Å². The molecular weight excluding hydrogens is 346 g/mol. The molecule has 2 aromatic carbocycles. The molecule has 2 aromatic rings. The zero-order valence-electron chi connectivity index (χ0n) is 13.3. The highest BCUT2D eigenvalue weighted by molar-refractivity contribution is 7.92. The van der Waals surface area contributed by atoms with Crippen LogP contribution in [0.5, 0.6) is 0 Å². The maximum absolute atomic E-state index is 12.5. The van der Waals surface area contributed by atoms with Crippen molar-refractivity contribution in [1.82, 2.24) is 0 Å². The second-order valence-electron chi connectivity index (χ2n) is 5.51. The Balaban J connectivity index is 1.83. The number of hydrogen-bond donors (Lipinski definition) is 1. The van der Waals surface area contributed by atoms with Crippen LogP contribution in [0.15, 0.2) is 53.4 Å². The lowest BCUT2D eigenvalue weighted by molar-refractivity contribution is -0.385. The van der Waals surface area contributed by atoms with Crippen LogP contribution in [0.2, 0.25) is 0 Å². The minimum Gasteiger partial charge on any atom is -0.378 e.